The summed E-state index contributed by atoms with van der Waals surface area (Å²) in [6.45, 7) is 17.6. The van der Waals surface area contributed by atoms with Crippen LogP contribution in [0, 0.1) is 27.7 Å². The van der Waals surface area contributed by atoms with Gasteiger partial charge in [-0.3, -0.25) is 0 Å². The SMILES string of the molecule is CCCCc1cc2c(-c3cccc(C)c3C)cccc2[cH-]1.CCCCc1cc2c(-c3cccc(C)c3C)cccc2[cH-]1.C[Si]C.[Zr+2]. The van der Waals surface area contributed by atoms with E-state index in [0.29, 0.717) is 0 Å². The van der Waals surface area contributed by atoms with Crippen LogP contribution in [0.2, 0.25) is 13.1 Å². The molecule has 6 aromatic carbocycles. The van der Waals surface area contributed by atoms with Gasteiger partial charge in [0, 0.05) is 9.52 Å². The Kier molecular flexibility index (Phi) is 15.2. The summed E-state index contributed by atoms with van der Waals surface area (Å²) in [5, 5.41) is 5.55. The Morgan fingerprint density at radius 2 is 0.870 bits per heavy atom. The van der Waals surface area contributed by atoms with E-state index in [1.807, 2.05) is 0 Å². The fourth-order valence-corrected chi connectivity index (χ4v) is 6.20. The first kappa shape index (κ1) is 37.7. The molecule has 0 aromatic heterocycles. The molecule has 6 rings (SSSR count). The number of hydrogen-bond donors (Lipinski definition) is 0. The number of aryl methyl sites for hydroxylation is 4. The fraction of sp³-hybridized carbons (Fsp3) is 0.318. The van der Waals surface area contributed by atoms with Crippen molar-refractivity contribution in [3.8, 4) is 22.3 Å². The zero-order valence-electron chi connectivity index (χ0n) is 29.5. The summed E-state index contributed by atoms with van der Waals surface area (Å²) in [5.41, 5.74) is 13.9. The van der Waals surface area contributed by atoms with Crippen LogP contribution >= 0.6 is 0 Å². The monoisotopic (exact) mass is 698 g/mol. The minimum atomic E-state index is 0. The summed E-state index contributed by atoms with van der Waals surface area (Å²) in [4.78, 5) is 0. The third-order valence-corrected chi connectivity index (χ3v) is 9.05. The molecule has 2 radical (unpaired) electrons. The Morgan fingerprint density at radius 1 is 0.522 bits per heavy atom. The van der Waals surface area contributed by atoms with Crippen molar-refractivity contribution in [3.05, 3.63) is 130 Å². The number of hydrogen-bond acceptors (Lipinski definition) is 0. The van der Waals surface area contributed by atoms with Gasteiger partial charge in [-0.25, -0.2) is 0 Å². The normalized spacial score (nSPS) is 10.6. The second-order valence-electron chi connectivity index (χ2n) is 12.5. The van der Waals surface area contributed by atoms with Gasteiger partial charge in [-0.2, -0.15) is 12.1 Å². The quantitative estimate of drug-likeness (QED) is 0.110. The third-order valence-electron chi connectivity index (χ3n) is 9.05. The smallest absolute Gasteiger partial charge is 0.164 e. The van der Waals surface area contributed by atoms with Crippen molar-refractivity contribution in [2.45, 2.75) is 93.2 Å². The summed E-state index contributed by atoms with van der Waals surface area (Å²) >= 11 is 0. The maximum absolute atomic E-state index is 2.39. The Balaban J connectivity index is 0.000000226. The first-order chi connectivity index (χ1) is 21.8. The topological polar surface area (TPSA) is 0 Å². The number of benzene rings is 4. The molecule has 46 heavy (non-hydrogen) atoms. The van der Waals surface area contributed by atoms with Gasteiger partial charge in [-0.15, -0.1) is 69.1 Å². The van der Waals surface area contributed by atoms with Crippen LogP contribution in [-0.2, 0) is 39.0 Å². The zero-order valence-corrected chi connectivity index (χ0v) is 32.9. The predicted molar refractivity (Wildman–Crippen MR) is 204 cm³/mol. The van der Waals surface area contributed by atoms with Gasteiger partial charge in [-0.05, 0) is 73.9 Å². The minimum Gasteiger partial charge on any atom is -0.164 e. The van der Waals surface area contributed by atoms with Crippen LogP contribution in [0.1, 0.15) is 72.9 Å². The van der Waals surface area contributed by atoms with Crippen LogP contribution in [0.5, 0.6) is 0 Å². The van der Waals surface area contributed by atoms with Gasteiger partial charge < -0.3 is 0 Å². The molecule has 0 aliphatic rings. The second-order valence-corrected chi connectivity index (χ2v) is 13.5. The summed E-state index contributed by atoms with van der Waals surface area (Å²) in [5.74, 6) is 0. The van der Waals surface area contributed by atoms with E-state index in [4.69, 9.17) is 0 Å². The summed E-state index contributed by atoms with van der Waals surface area (Å²) < 4.78 is 0. The summed E-state index contributed by atoms with van der Waals surface area (Å²) in [7, 11) is 1.08. The molecule has 236 valence electrons. The molecule has 0 amide bonds. The first-order valence-electron chi connectivity index (χ1n) is 16.9. The van der Waals surface area contributed by atoms with Crippen LogP contribution in [0.3, 0.4) is 0 Å². The Bertz CT molecular complexity index is 1680. The molecule has 0 saturated carbocycles. The van der Waals surface area contributed by atoms with Crippen LogP contribution in [0.15, 0.2) is 97.1 Å². The van der Waals surface area contributed by atoms with E-state index in [9.17, 15) is 0 Å². The third kappa shape index (κ3) is 9.17. The Hall–Kier alpha value is -2.80. The van der Waals surface area contributed by atoms with E-state index in [1.54, 1.807) is 0 Å². The molecule has 0 unspecified atom stereocenters. The van der Waals surface area contributed by atoms with Gasteiger partial charge in [0.1, 0.15) is 0 Å². The summed E-state index contributed by atoms with van der Waals surface area (Å²) in [6.07, 6.45) is 7.44. The molecule has 0 nitrogen and oxygen atoms in total. The van der Waals surface area contributed by atoms with Crippen LogP contribution in [0.4, 0.5) is 0 Å². The van der Waals surface area contributed by atoms with Gasteiger partial charge in [0.2, 0.25) is 0 Å². The second kappa shape index (κ2) is 18.5. The van der Waals surface area contributed by atoms with Crippen LogP contribution in [0.25, 0.3) is 43.8 Å². The summed E-state index contributed by atoms with van der Waals surface area (Å²) in [6, 6.07) is 36.1. The van der Waals surface area contributed by atoms with Crippen LogP contribution in [-0.4, -0.2) is 9.52 Å². The molecule has 0 bridgehead atoms. The molecule has 0 saturated heterocycles. The van der Waals surface area contributed by atoms with Crippen molar-refractivity contribution >= 4 is 31.1 Å². The molecule has 0 N–H and O–H groups in total. The van der Waals surface area contributed by atoms with E-state index in [2.05, 4.69) is 152 Å². The largest absolute Gasteiger partial charge is 2.00 e. The first-order valence-corrected chi connectivity index (χ1v) is 18.9. The number of fused-ring (bicyclic) bond motifs is 2. The maximum atomic E-state index is 2.39. The zero-order chi connectivity index (χ0) is 32.3. The molecule has 0 aliphatic heterocycles. The molecule has 0 heterocycles. The van der Waals surface area contributed by atoms with Crippen molar-refractivity contribution in [2.24, 2.45) is 0 Å². The predicted octanol–water partition coefficient (Wildman–Crippen LogP) is 13.2. The van der Waals surface area contributed by atoms with Gasteiger partial charge in [0.15, 0.2) is 0 Å². The molecule has 6 aromatic rings. The number of unbranched alkanes of at least 4 members (excludes halogenated alkanes) is 2. The van der Waals surface area contributed by atoms with Crippen molar-refractivity contribution in [2.75, 3.05) is 0 Å². The molecule has 0 aliphatic carbocycles. The van der Waals surface area contributed by atoms with Gasteiger partial charge in [-0.1, -0.05) is 112 Å². The van der Waals surface area contributed by atoms with Gasteiger partial charge in [0.25, 0.3) is 0 Å². The van der Waals surface area contributed by atoms with E-state index in [0.717, 1.165) is 9.52 Å². The van der Waals surface area contributed by atoms with E-state index >= 15 is 0 Å². The fourth-order valence-electron chi connectivity index (χ4n) is 6.20. The van der Waals surface area contributed by atoms with E-state index in [1.165, 1.54) is 116 Å². The molecular formula is C44H52SiZr. The van der Waals surface area contributed by atoms with Crippen molar-refractivity contribution in [1.29, 1.82) is 0 Å². The van der Waals surface area contributed by atoms with Crippen molar-refractivity contribution in [1.82, 2.24) is 0 Å². The van der Waals surface area contributed by atoms with Gasteiger partial charge in [0.05, 0.1) is 0 Å². The molecule has 2 heteroatoms. The van der Waals surface area contributed by atoms with Crippen molar-refractivity contribution in [3.63, 3.8) is 0 Å². The van der Waals surface area contributed by atoms with E-state index < -0.39 is 0 Å². The number of rotatable bonds is 8. The van der Waals surface area contributed by atoms with E-state index in [-0.39, 0.29) is 26.2 Å². The van der Waals surface area contributed by atoms with Crippen LogP contribution < -0.4 is 0 Å². The molecule has 0 fully saturated rings. The minimum absolute atomic E-state index is 0. The standard InChI is InChI=1S/2C21H23.C2H6Si.Zr/c2*1-4-5-9-17-13-18-10-7-12-20(21(18)14-17)19-11-6-8-15(2)16(19)3;1-3-2;/h2*6-8,10-14H,4-5,9H2,1-3H3;1-2H3;/q2*-1;;+2. The Morgan fingerprint density at radius 3 is 1.24 bits per heavy atom. The van der Waals surface area contributed by atoms with Gasteiger partial charge >= 0.3 is 26.2 Å². The average Bonchev–Trinajstić information content (AvgIpc) is 3.66. The average molecular weight is 700 g/mol. The molecular weight excluding hydrogens is 648 g/mol. The molecule has 0 atom stereocenters. The Labute approximate surface area is 301 Å². The molecule has 0 spiro atoms. The van der Waals surface area contributed by atoms with Crippen molar-refractivity contribution < 1.29 is 26.2 Å². The maximum Gasteiger partial charge on any atom is 2.00 e.